The lowest BCUT2D eigenvalue weighted by Gasteiger charge is -2.04. The smallest absolute Gasteiger partial charge is 0.159 e. The van der Waals surface area contributed by atoms with Crippen LogP contribution in [0.1, 0.15) is 56.2 Å². The Kier molecular flexibility index (Phi) is 6.84. The Morgan fingerprint density at radius 1 is 0.739 bits per heavy atom. The molecule has 2 aromatic carbocycles. The number of hydrogen-bond donors (Lipinski definition) is 0. The standard InChI is InChI=1S/C10H10FN.C9H10F2/c1-7(2)8-3-4-9(6-12)10(11)5-8;1-6(2)7-3-4-8(10)9(11)5-7/h3-5,7H,1-2H3;3-6H,1-2H3. The molecule has 122 valence electrons. The molecule has 0 aliphatic carbocycles. The summed E-state index contributed by atoms with van der Waals surface area (Å²) < 4.78 is 37.9. The normalized spacial score (nSPS) is 10.3. The largest absolute Gasteiger partial charge is 0.206 e. The maximum absolute atomic E-state index is 13.0. The van der Waals surface area contributed by atoms with Crippen molar-refractivity contribution >= 4 is 0 Å². The molecule has 0 spiro atoms. The van der Waals surface area contributed by atoms with Crippen LogP contribution in [0.15, 0.2) is 36.4 Å². The minimum Gasteiger partial charge on any atom is -0.206 e. The van der Waals surface area contributed by atoms with E-state index in [0.717, 1.165) is 17.2 Å². The van der Waals surface area contributed by atoms with E-state index in [1.807, 2.05) is 27.7 Å². The number of hydrogen-bond acceptors (Lipinski definition) is 1. The Morgan fingerprint density at radius 3 is 1.61 bits per heavy atom. The Morgan fingerprint density at radius 2 is 1.22 bits per heavy atom. The Bertz CT molecular complexity index is 700. The topological polar surface area (TPSA) is 23.8 Å². The van der Waals surface area contributed by atoms with Crippen molar-refractivity contribution in [2.24, 2.45) is 0 Å². The van der Waals surface area contributed by atoms with Gasteiger partial charge in [-0.05, 0) is 47.2 Å². The minimum absolute atomic E-state index is 0.111. The highest BCUT2D eigenvalue weighted by atomic mass is 19.2. The summed E-state index contributed by atoms with van der Waals surface area (Å²) in [5.41, 5.74) is 1.86. The van der Waals surface area contributed by atoms with Gasteiger partial charge in [-0.15, -0.1) is 0 Å². The quantitative estimate of drug-likeness (QED) is 0.675. The van der Waals surface area contributed by atoms with Crippen LogP contribution >= 0.6 is 0 Å². The lowest BCUT2D eigenvalue weighted by molar-refractivity contribution is 0.506. The van der Waals surface area contributed by atoms with Crippen molar-refractivity contribution in [3.05, 3.63) is 70.5 Å². The zero-order chi connectivity index (χ0) is 17.6. The van der Waals surface area contributed by atoms with E-state index in [1.54, 1.807) is 18.2 Å². The van der Waals surface area contributed by atoms with E-state index in [2.05, 4.69) is 0 Å². The molecule has 0 amide bonds. The van der Waals surface area contributed by atoms with E-state index in [0.29, 0.717) is 5.92 Å². The van der Waals surface area contributed by atoms with Gasteiger partial charge in [-0.1, -0.05) is 39.8 Å². The van der Waals surface area contributed by atoms with Crippen LogP contribution in [-0.2, 0) is 0 Å². The maximum Gasteiger partial charge on any atom is 0.159 e. The second-order valence-corrected chi connectivity index (χ2v) is 5.83. The summed E-state index contributed by atoms with van der Waals surface area (Å²) in [6, 6.07) is 10.5. The summed E-state index contributed by atoms with van der Waals surface area (Å²) in [7, 11) is 0. The minimum atomic E-state index is -0.783. The SMILES string of the molecule is CC(C)c1ccc(C#N)c(F)c1.CC(C)c1ccc(F)c(F)c1. The number of rotatable bonds is 2. The van der Waals surface area contributed by atoms with Crippen LogP contribution in [0.3, 0.4) is 0 Å². The molecule has 0 N–H and O–H groups in total. The average molecular weight is 319 g/mol. The zero-order valence-corrected chi connectivity index (χ0v) is 13.7. The van der Waals surface area contributed by atoms with E-state index < -0.39 is 17.5 Å². The molecule has 0 radical (unpaired) electrons. The number of halogens is 3. The van der Waals surface area contributed by atoms with Gasteiger partial charge in [0, 0.05) is 0 Å². The van der Waals surface area contributed by atoms with Gasteiger partial charge in [0.2, 0.25) is 0 Å². The molecule has 0 atom stereocenters. The molecule has 0 aliphatic heterocycles. The van der Waals surface area contributed by atoms with Crippen molar-refractivity contribution in [1.29, 1.82) is 5.26 Å². The van der Waals surface area contributed by atoms with Gasteiger partial charge in [0.1, 0.15) is 11.9 Å². The fourth-order valence-corrected chi connectivity index (χ4v) is 1.85. The number of nitrogens with zero attached hydrogens (tertiary/aromatic N) is 1. The Balaban J connectivity index is 0.000000231. The summed E-state index contributed by atoms with van der Waals surface area (Å²) in [4.78, 5) is 0. The highest BCUT2D eigenvalue weighted by Gasteiger charge is 2.05. The summed E-state index contributed by atoms with van der Waals surface area (Å²) in [6.45, 7) is 7.85. The molecule has 0 saturated heterocycles. The second-order valence-electron chi connectivity index (χ2n) is 5.83. The molecule has 0 saturated carbocycles. The summed E-state index contributed by atoms with van der Waals surface area (Å²) in [6.07, 6.45) is 0. The molecule has 2 aromatic rings. The van der Waals surface area contributed by atoms with Crippen LogP contribution in [0.4, 0.5) is 13.2 Å². The molecule has 2 rings (SSSR count). The first-order chi connectivity index (χ1) is 10.8. The van der Waals surface area contributed by atoms with E-state index in [-0.39, 0.29) is 11.5 Å². The van der Waals surface area contributed by atoms with Gasteiger partial charge in [-0.25, -0.2) is 13.2 Å². The molecular weight excluding hydrogens is 299 g/mol. The van der Waals surface area contributed by atoms with Gasteiger partial charge in [-0.2, -0.15) is 5.26 Å². The van der Waals surface area contributed by atoms with Gasteiger partial charge in [-0.3, -0.25) is 0 Å². The highest BCUT2D eigenvalue weighted by Crippen LogP contribution is 2.17. The van der Waals surface area contributed by atoms with Gasteiger partial charge < -0.3 is 0 Å². The van der Waals surface area contributed by atoms with Gasteiger partial charge in [0.25, 0.3) is 0 Å². The number of benzene rings is 2. The van der Waals surface area contributed by atoms with Crippen LogP contribution < -0.4 is 0 Å². The van der Waals surface area contributed by atoms with E-state index >= 15 is 0 Å². The van der Waals surface area contributed by atoms with Crippen LogP contribution in [-0.4, -0.2) is 0 Å². The molecule has 0 aromatic heterocycles. The van der Waals surface area contributed by atoms with Crippen LogP contribution in [0.5, 0.6) is 0 Å². The van der Waals surface area contributed by atoms with E-state index in [4.69, 9.17) is 5.26 Å². The summed E-state index contributed by atoms with van der Waals surface area (Å²) in [5, 5.41) is 8.46. The van der Waals surface area contributed by atoms with Crippen molar-refractivity contribution < 1.29 is 13.2 Å². The summed E-state index contributed by atoms with van der Waals surface area (Å²) >= 11 is 0. The van der Waals surface area contributed by atoms with Crippen molar-refractivity contribution in [2.75, 3.05) is 0 Å². The van der Waals surface area contributed by atoms with E-state index in [9.17, 15) is 13.2 Å². The molecule has 0 bridgehead atoms. The first-order valence-corrected chi connectivity index (χ1v) is 7.40. The van der Waals surface area contributed by atoms with Crippen LogP contribution in [0.2, 0.25) is 0 Å². The third-order valence-electron chi connectivity index (χ3n) is 3.39. The molecule has 4 heteroatoms. The molecule has 0 unspecified atom stereocenters. The molecule has 0 aliphatic rings. The third kappa shape index (κ3) is 5.45. The molecule has 23 heavy (non-hydrogen) atoms. The van der Waals surface area contributed by atoms with Crippen LogP contribution in [0, 0.1) is 28.8 Å². The third-order valence-corrected chi connectivity index (χ3v) is 3.39. The lowest BCUT2D eigenvalue weighted by atomic mass is 10.0. The number of nitriles is 1. The molecular formula is C19H20F3N. The molecule has 1 nitrogen and oxygen atoms in total. The molecule has 0 fully saturated rings. The fraction of sp³-hybridized carbons (Fsp3) is 0.316. The van der Waals surface area contributed by atoms with Crippen molar-refractivity contribution in [3.63, 3.8) is 0 Å². The fourth-order valence-electron chi connectivity index (χ4n) is 1.85. The Hall–Kier alpha value is -2.28. The zero-order valence-electron chi connectivity index (χ0n) is 13.7. The monoisotopic (exact) mass is 319 g/mol. The lowest BCUT2D eigenvalue weighted by Crippen LogP contribution is -1.90. The molecule has 0 heterocycles. The van der Waals surface area contributed by atoms with Crippen molar-refractivity contribution in [3.8, 4) is 6.07 Å². The highest BCUT2D eigenvalue weighted by molar-refractivity contribution is 5.34. The van der Waals surface area contributed by atoms with Gasteiger partial charge in [0.05, 0.1) is 5.56 Å². The predicted octanol–water partition coefficient (Wildman–Crippen LogP) is 5.91. The Labute approximate surface area is 135 Å². The van der Waals surface area contributed by atoms with Crippen molar-refractivity contribution in [2.45, 2.75) is 39.5 Å². The average Bonchev–Trinajstić information content (AvgIpc) is 2.50. The van der Waals surface area contributed by atoms with Crippen LogP contribution in [0.25, 0.3) is 0 Å². The van der Waals surface area contributed by atoms with Gasteiger partial charge >= 0.3 is 0 Å². The summed E-state index contributed by atoms with van der Waals surface area (Å²) in [5.74, 6) is -1.44. The first kappa shape index (κ1) is 18.8. The van der Waals surface area contributed by atoms with Crippen molar-refractivity contribution in [1.82, 2.24) is 0 Å². The predicted molar refractivity (Wildman–Crippen MR) is 85.7 cm³/mol. The maximum atomic E-state index is 13.0. The van der Waals surface area contributed by atoms with Gasteiger partial charge in [0.15, 0.2) is 11.6 Å². The van der Waals surface area contributed by atoms with E-state index in [1.165, 1.54) is 18.2 Å². The first-order valence-electron chi connectivity index (χ1n) is 7.40. The second kappa shape index (κ2) is 8.38.